The quantitative estimate of drug-likeness (QED) is 0.180. The summed E-state index contributed by atoms with van der Waals surface area (Å²) >= 11 is 0. The summed E-state index contributed by atoms with van der Waals surface area (Å²) < 4.78 is 148. The second kappa shape index (κ2) is 9.41. The summed E-state index contributed by atoms with van der Waals surface area (Å²) in [4.78, 5) is 1.99. The SMILES string of the molecule is CC1(C)[C@@H]2CC[C@@]1(C)[C@@H](N1CCCCC1)[C@@H]2B(c1c(F)c(F)c(F)c(F)c1F)c1c(F)c(F)c(F)c(F)c1F. The maximum Gasteiger partial charge on any atom is 0.230 e. The predicted octanol–water partition coefficient (Wildman–Crippen LogP) is 6.37. The zero-order valence-electron chi connectivity index (χ0n) is 21.5. The van der Waals surface area contributed by atoms with Crippen LogP contribution in [0.2, 0.25) is 5.82 Å². The van der Waals surface area contributed by atoms with Crippen LogP contribution in [0.3, 0.4) is 0 Å². The molecule has 5 rings (SSSR count). The summed E-state index contributed by atoms with van der Waals surface area (Å²) in [5.74, 6) is -25.7. The Labute approximate surface area is 219 Å². The summed E-state index contributed by atoms with van der Waals surface area (Å²) in [5.41, 5.74) is -4.49. The Balaban J connectivity index is 1.88. The van der Waals surface area contributed by atoms with Gasteiger partial charge in [-0.1, -0.05) is 27.2 Å². The number of likely N-dealkylation sites (tertiary alicyclic amines) is 1. The van der Waals surface area contributed by atoms with Crippen molar-refractivity contribution in [3.63, 3.8) is 0 Å². The largest absolute Gasteiger partial charge is 0.300 e. The van der Waals surface area contributed by atoms with Crippen LogP contribution in [0.25, 0.3) is 0 Å². The van der Waals surface area contributed by atoms with Crippen molar-refractivity contribution >= 4 is 17.6 Å². The van der Waals surface area contributed by atoms with Crippen LogP contribution in [0.4, 0.5) is 43.9 Å². The third-order valence-corrected chi connectivity index (χ3v) is 10.1. The number of piperidine rings is 1. The van der Waals surface area contributed by atoms with Crippen LogP contribution < -0.4 is 10.9 Å². The molecule has 39 heavy (non-hydrogen) atoms. The van der Waals surface area contributed by atoms with Gasteiger partial charge in [-0.25, -0.2) is 43.9 Å². The molecular formula is C27H26BF10N. The Morgan fingerprint density at radius 3 is 1.38 bits per heavy atom. The van der Waals surface area contributed by atoms with E-state index >= 15 is 17.6 Å². The molecule has 0 aromatic heterocycles. The van der Waals surface area contributed by atoms with Gasteiger partial charge in [-0.3, -0.25) is 0 Å². The van der Waals surface area contributed by atoms with E-state index in [9.17, 15) is 26.3 Å². The van der Waals surface area contributed by atoms with Crippen LogP contribution in [-0.2, 0) is 0 Å². The number of hydrogen-bond donors (Lipinski definition) is 0. The summed E-state index contributed by atoms with van der Waals surface area (Å²) in [6, 6.07) is -0.693. The summed E-state index contributed by atoms with van der Waals surface area (Å²) in [6.45, 7) is 4.27. The lowest BCUT2D eigenvalue weighted by atomic mass is 9.29. The molecule has 2 aromatic carbocycles. The molecule has 2 saturated carbocycles. The third kappa shape index (κ3) is 3.71. The number of fused-ring (bicyclic) bond motifs is 2. The Morgan fingerprint density at radius 2 is 0.974 bits per heavy atom. The minimum Gasteiger partial charge on any atom is -0.300 e. The fourth-order valence-electron chi connectivity index (χ4n) is 7.99. The van der Waals surface area contributed by atoms with Gasteiger partial charge in [0.05, 0.1) is 0 Å². The zero-order chi connectivity index (χ0) is 28.8. The average molecular weight is 565 g/mol. The van der Waals surface area contributed by atoms with E-state index in [-0.39, 0.29) is 0 Å². The molecule has 0 amide bonds. The number of halogens is 10. The summed E-state index contributed by atoms with van der Waals surface area (Å²) in [6.07, 6.45) is 3.33. The van der Waals surface area contributed by atoms with Crippen LogP contribution in [-0.4, -0.2) is 30.7 Å². The van der Waals surface area contributed by atoms with E-state index in [1.165, 1.54) is 0 Å². The molecule has 3 fully saturated rings. The van der Waals surface area contributed by atoms with Crippen molar-refractivity contribution < 1.29 is 43.9 Å². The maximum absolute atomic E-state index is 15.4. The minimum absolute atomic E-state index is 0.375. The van der Waals surface area contributed by atoms with Gasteiger partial charge in [0.2, 0.25) is 6.71 Å². The fraction of sp³-hybridized carbons (Fsp3) is 0.556. The molecule has 0 spiro atoms. The lowest BCUT2D eigenvalue weighted by molar-refractivity contribution is 0.0323. The highest BCUT2D eigenvalue weighted by molar-refractivity contribution is 6.86. The van der Waals surface area contributed by atoms with E-state index in [4.69, 9.17) is 0 Å². The highest BCUT2D eigenvalue weighted by Crippen LogP contribution is 2.71. The molecule has 1 aliphatic heterocycles. The van der Waals surface area contributed by atoms with E-state index in [1.54, 1.807) is 0 Å². The Bertz CT molecular complexity index is 1210. The average Bonchev–Trinajstić information content (AvgIpc) is 3.25. The molecule has 2 aliphatic carbocycles. The molecule has 1 saturated heterocycles. The van der Waals surface area contributed by atoms with Crippen molar-refractivity contribution in [1.29, 1.82) is 0 Å². The molecule has 212 valence electrons. The molecule has 1 heterocycles. The van der Waals surface area contributed by atoms with Crippen LogP contribution in [0.15, 0.2) is 0 Å². The Kier molecular flexibility index (Phi) is 6.83. The smallest absolute Gasteiger partial charge is 0.230 e. The molecule has 0 radical (unpaired) electrons. The molecular weight excluding hydrogens is 539 g/mol. The molecule has 2 aromatic rings. The molecule has 1 nitrogen and oxygen atoms in total. The van der Waals surface area contributed by atoms with Crippen LogP contribution in [0.1, 0.15) is 52.9 Å². The van der Waals surface area contributed by atoms with Gasteiger partial charge >= 0.3 is 0 Å². The number of hydrogen-bond acceptors (Lipinski definition) is 1. The maximum atomic E-state index is 15.4. The van der Waals surface area contributed by atoms with Crippen molar-refractivity contribution in [3.8, 4) is 0 Å². The van der Waals surface area contributed by atoms with E-state index < -0.39 is 104 Å². The van der Waals surface area contributed by atoms with Crippen molar-refractivity contribution in [1.82, 2.24) is 4.90 Å². The van der Waals surface area contributed by atoms with Gasteiger partial charge in [0, 0.05) is 17.0 Å². The van der Waals surface area contributed by atoms with E-state index in [0.717, 1.165) is 19.3 Å². The third-order valence-electron chi connectivity index (χ3n) is 10.1. The van der Waals surface area contributed by atoms with Crippen molar-refractivity contribution in [2.24, 2.45) is 16.7 Å². The standard InChI is InChI=1S/C27H26BF10N/c1-26(2)11-7-8-27(26,3)25(39-9-5-4-6-10-39)12(11)28(13-15(29)19(33)23(37)20(34)16(13)30)14-17(31)21(35)24(38)22(36)18(14)32/h11-12,25H,4-10H2,1-3H3/t11-,12-,25+,27+/m1/s1. The highest BCUT2D eigenvalue weighted by atomic mass is 19.2. The first-order chi connectivity index (χ1) is 18.2. The fourth-order valence-corrected chi connectivity index (χ4v) is 7.99. The molecule has 0 unspecified atom stereocenters. The summed E-state index contributed by atoms with van der Waals surface area (Å²) in [7, 11) is 0. The van der Waals surface area contributed by atoms with Crippen LogP contribution in [0, 0.1) is 74.9 Å². The van der Waals surface area contributed by atoms with Crippen LogP contribution >= 0.6 is 0 Å². The van der Waals surface area contributed by atoms with Gasteiger partial charge in [0.25, 0.3) is 0 Å². The first kappa shape index (κ1) is 28.3. The molecule has 12 heteroatoms. The topological polar surface area (TPSA) is 3.24 Å². The lowest BCUT2D eigenvalue weighted by Crippen LogP contribution is -2.61. The van der Waals surface area contributed by atoms with E-state index in [1.807, 2.05) is 25.7 Å². The van der Waals surface area contributed by atoms with Gasteiger partial charge < -0.3 is 4.90 Å². The minimum atomic E-state index is -2.49. The van der Waals surface area contributed by atoms with Gasteiger partial charge in [-0.2, -0.15) is 0 Å². The number of nitrogens with zero attached hydrogens (tertiary/aromatic N) is 1. The van der Waals surface area contributed by atoms with Crippen LogP contribution in [0.5, 0.6) is 0 Å². The van der Waals surface area contributed by atoms with Crippen molar-refractivity contribution in [2.75, 3.05) is 13.1 Å². The van der Waals surface area contributed by atoms with E-state index in [0.29, 0.717) is 25.9 Å². The summed E-state index contributed by atoms with van der Waals surface area (Å²) in [5, 5.41) is 0. The lowest BCUT2D eigenvalue weighted by Gasteiger charge is -2.49. The van der Waals surface area contributed by atoms with Crippen molar-refractivity contribution in [2.45, 2.75) is 64.7 Å². The van der Waals surface area contributed by atoms with Crippen molar-refractivity contribution in [3.05, 3.63) is 58.2 Å². The Morgan fingerprint density at radius 1 is 0.590 bits per heavy atom. The number of rotatable bonds is 4. The number of benzene rings is 2. The van der Waals surface area contributed by atoms with E-state index in [2.05, 4.69) is 0 Å². The zero-order valence-corrected chi connectivity index (χ0v) is 21.5. The first-order valence-corrected chi connectivity index (χ1v) is 12.9. The predicted molar refractivity (Wildman–Crippen MR) is 125 cm³/mol. The normalized spacial score (nSPS) is 28.4. The van der Waals surface area contributed by atoms with Gasteiger partial charge in [-0.15, -0.1) is 0 Å². The van der Waals surface area contributed by atoms with Gasteiger partial charge in [0.15, 0.2) is 58.2 Å². The molecule has 3 aliphatic rings. The Hall–Kier alpha value is -2.24. The molecule has 4 atom stereocenters. The van der Waals surface area contributed by atoms with Gasteiger partial charge in [-0.05, 0) is 61.3 Å². The second-order valence-corrected chi connectivity index (χ2v) is 11.8. The second-order valence-electron chi connectivity index (χ2n) is 11.8. The van der Waals surface area contributed by atoms with Gasteiger partial charge in [0.1, 0.15) is 0 Å². The monoisotopic (exact) mass is 565 g/mol. The first-order valence-electron chi connectivity index (χ1n) is 12.9. The highest BCUT2D eigenvalue weighted by Gasteiger charge is 2.70. The molecule has 0 N–H and O–H groups in total. The molecule has 2 bridgehead atoms.